The molecule has 2 N–H and O–H groups in total. The molecule has 4 heteroatoms. The van der Waals surface area contributed by atoms with E-state index in [4.69, 9.17) is 0 Å². The van der Waals surface area contributed by atoms with E-state index in [1.807, 2.05) is 36.4 Å². The first-order valence-corrected chi connectivity index (χ1v) is 11.8. The zero-order valence-electron chi connectivity index (χ0n) is 18.6. The van der Waals surface area contributed by atoms with E-state index in [-0.39, 0.29) is 11.9 Å². The zero-order valence-corrected chi connectivity index (χ0v) is 18.6. The lowest BCUT2D eigenvalue weighted by Crippen LogP contribution is -2.45. The summed E-state index contributed by atoms with van der Waals surface area (Å²) in [4.78, 5) is 15.4. The largest absolute Gasteiger partial charge is 0.354 e. The predicted octanol–water partition coefficient (Wildman–Crippen LogP) is 4.28. The highest BCUT2D eigenvalue weighted by Crippen LogP contribution is 2.10. The Hall–Kier alpha value is -2.43. The van der Waals surface area contributed by atoms with Crippen molar-refractivity contribution in [3.05, 3.63) is 77.9 Å². The number of nitrogens with one attached hydrogen (secondary N) is 2. The number of carbonyl (C=O) groups is 1. The van der Waals surface area contributed by atoms with E-state index in [9.17, 15) is 4.79 Å². The Morgan fingerprint density at radius 1 is 0.968 bits per heavy atom. The Labute approximate surface area is 187 Å². The lowest BCUT2D eigenvalue weighted by atomic mass is 10.1. The van der Waals surface area contributed by atoms with Gasteiger partial charge in [0.15, 0.2) is 0 Å². The lowest BCUT2D eigenvalue weighted by molar-refractivity contribution is -0.123. The van der Waals surface area contributed by atoms with Crippen LogP contribution < -0.4 is 10.6 Å². The minimum atomic E-state index is -0.152. The van der Waals surface area contributed by atoms with Crippen molar-refractivity contribution in [3.63, 3.8) is 0 Å². The minimum absolute atomic E-state index is 0.114. The number of piperidine rings is 1. The third kappa shape index (κ3) is 9.07. The number of amides is 1. The van der Waals surface area contributed by atoms with Crippen LogP contribution in [0.2, 0.25) is 0 Å². The average molecular weight is 420 g/mol. The van der Waals surface area contributed by atoms with Crippen molar-refractivity contribution in [2.75, 3.05) is 32.7 Å². The summed E-state index contributed by atoms with van der Waals surface area (Å²) in [6.07, 6.45) is 11.0. The molecule has 3 rings (SSSR count). The molecular weight excluding hydrogens is 382 g/mol. The molecule has 0 aromatic heterocycles. The molecule has 1 aliphatic heterocycles. The Kier molecular flexibility index (Phi) is 10.3. The fraction of sp³-hybridized carbons (Fsp3) is 0.444. The number of benzene rings is 2. The van der Waals surface area contributed by atoms with Gasteiger partial charge in [0.05, 0.1) is 6.04 Å². The summed E-state index contributed by atoms with van der Waals surface area (Å²) < 4.78 is 0. The Balaban J connectivity index is 1.45. The standard InChI is InChI=1S/C27H37N3O/c31-27(29-20-18-25-14-6-2-7-15-25)26(17-11-23-30-21-8-3-9-22-30)28-19-10-16-24-12-4-1-5-13-24/h1-2,4-7,10,12-16,26,28H,3,8-9,11,17-23H2,(H,29,31)/b16-10+/t26-/m0/s1. The molecule has 1 atom stereocenters. The molecule has 0 aliphatic carbocycles. The van der Waals surface area contributed by atoms with E-state index >= 15 is 0 Å². The monoisotopic (exact) mass is 419 g/mol. The molecule has 31 heavy (non-hydrogen) atoms. The third-order valence-corrected chi connectivity index (χ3v) is 5.88. The quantitative estimate of drug-likeness (QED) is 0.540. The highest BCUT2D eigenvalue weighted by molar-refractivity contribution is 5.81. The van der Waals surface area contributed by atoms with E-state index in [2.05, 4.69) is 52.0 Å². The lowest BCUT2D eigenvalue weighted by Gasteiger charge is -2.27. The molecule has 0 saturated carbocycles. The average Bonchev–Trinajstić information content (AvgIpc) is 2.82. The molecule has 1 saturated heterocycles. The molecule has 0 unspecified atom stereocenters. The van der Waals surface area contributed by atoms with Crippen LogP contribution in [-0.4, -0.2) is 49.6 Å². The molecule has 1 heterocycles. The maximum atomic E-state index is 12.9. The zero-order chi connectivity index (χ0) is 21.6. The predicted molar refractivity (Wildman–Crippen MR) is 130 cm³/mol. The SMILES string of the molecule is O=C(NCCc1ccccc1)[C@H](CCCN1CCCCC1)NC/C=C/c1ccccc1. The maximum Gasteiger partial charge on any atom is 0.237 e. The van der Waals surface area contributed by atoms with Crippen LogP contribution in [0, 0.1) is 0 Å². The second-order valence-corrected chi connectivity index (χ2v) is 8.35. The molecule has 0 spiro atoms. The van der Waals surface area contributed by atoms with Gasteiger partial charge in [-0.25, -0.2) is 0 Å². The van der Waals surface area contributed by atoms with Gasteiger partial charge in [-0.3, -0.25) is 4.79 Å². The first kappa shape index (κ1) is 23.2. The van der Waals surface area contributed by atoms with E-state index in [1.54, 1.807) is 0 Å². The van der Waals surface area contributed by atoms with Crippen LogP contribution in [0.3, 0.4) is 0 Å². The molecule has 0 radical (unpaired) electrons. The van der Waals surface area contributed by atoms with Gasteiger partial charge < -0.3 is 15.5 Å². The van der Waals surface area contributed by atoms with Crippen LogP contribution in [0.1, 0.15) is 43.2 Å². The molecule has 1 aliphatic rings. The molecular formula is C27H37N3O. The number of nitrogens with zero attached hydrogens (tertiary/aromatic N) is 1. The van der Waals surface area contributed by atoms with Gasteiger partial charge in [0.25, 0.3) is 0 Å². The first-order valence-electron chi connectivity index (χ1n) is 11.8. The molecule has 4 nitrogen and oxygen atoms in total. The van der Waals surface area contributed by atoms with Crippen LogP contribution in [0.4, 0.5) is 0 Å². The van der Waals surface area contributed by atoms with Crippen molar-refractivity contribution in [1.82, 2.24) is 15.5 Å². The Bertz CT molecular complexity index is 770. The van der Waals surface area contributed by atoms with Crippen LogP contribution in [0.25, 0.3) is 6.08 Å². The van der Waals surface area contributed by atoms with Gasteiger partial charge in [0, 0.05) is 13.1 Å². The summed E-state index contributed by atoms with van der Waals surface area (Å²) in [5.74, 6) is 0.114. The van der Waals surface area contributed by atoms with E-state index < -0.39 is 0 Å². The highest BCUT2D eigenvalue weighted by Gasteiger charge is 2.18. The summed E-state index contributed by atoms with van der Waals surface area (Å²) in [5.41, 5.74) is 2.43. The molecule has 2 aromatic carbocycles. The van der Waals surface area contributed by atoms with Gasteiger partial charge in [-0.15, -0.1) is 0 Å². The number of hydrogen-bond donors (Lipinski definition) is 2. The van der Waals surface area contributed by atoms with Gasteiger partial charge >= 0.3 is 0 Å². The van der Waals surface area contributed by atoms with E-state index in [1.165, 1.54) is 43.5 Å². The van der Waals surface area contributed by atoms with Crippen molar-refractivity contribution in [3.8, 4) is 0 Å². The van der Waals surface area contributed by atoms with Crippen LogP contribution in [-0.2, 0) is 11.2 Å². The smallest absolute Gasteiger partial charge is 0.237 e. The minimum Gasteiger partial charge on any atom is -0.354 e. The number of carbonyl (C=O) groups excluding carboxylic acids is 1. The summed E-state index contributed by atoms with van der Waals surface area (Å²) in [7, 11) is 0. The fourth-order valence-electron chi connectivity index (χ4n) is 4.10. The first-order chi connectivity index (χ1) is 15.3. The second kappa shape index (κ2) is 13.8. The Morgan fingerprint density at radius 3 is 2.42 bits per heavy atom. The van der Waals surface area contributed by atoms with Crippen LogP contribution >= 0.6 is 0 Å². The summed E-state index contributed by atoms with van der Waals surface area (Å²) in [6.45, 7) is 4.88. The van der Waals surface area contributed by atoms with Gasteiger partial charge in [0.2, 0.25) is 5.91 Å². The van der Waals surface area contributed by atoms with Crippen molar-refractivity contribution in [1.29, 1.82) is 0 Å². The van der Waals surface area contributed by atoms with E-state index in [0.29, 0.717) is 13.1 Å². The number of rotatable bonds is 12. The van der Waals surface area contributed by atoms with Crippen molar-refractivity contribution >= 4 is 12.0 Å². The van der Waals surface area contributed by atoms with Crippen molar-refractivity contribution in [2.24, 2.45) is 0 Å². The van der Waals surface area contributed by atoms with Gasteiger partial charge in [-0.1, -0.05) is 79.2 Å². The summed E-state index contributed by atoms with van der Waals surface area (Å²) in [5, 5.41) is 6.60. The Morgan fingerprint density at radius 2 is 1.68 bits per heavy atom. The molecule has 166 valence electrons. The number of likely N-dealkylation sites (tertiary alicyclic amines) is 1. The normalized spacial score (nSPS) is 15.7. The highest BCUT2D eigenvalue weighted by atomic mass is 16.2. The van der Waals surface area contributed by atoms with Crippen molar-refractivity contribution in [2.45, 2.75) is 44.6 Å². The molecule has 0 bridgehead atoms. The summed E-state index contributed by atoms with van der Waals surface area (Å²) >= 11 is 0. The molecule has 1 amide bonds. The van der Waals surface area contributed by atoms with Crippen LogP contribution in [0.15, 0.2) is 66.7 Å². The molecule has 2 aromatic rings. The summed E-state index contributed by atoms with van der Waals surface area (Å²) in [6, 6.07) is 20.4. The molecule has 1 fully saturated rings. The maximum absolute atomic E-state index is 12.9. The van der Waals surface area contributed by atoms with Gasteiger partial charge in [-0.05, 0) is 62.9 Å². The van der Waals surface area contributed by atoms with Gasteiger partial charge in [-0.2, -0.15) is 0 Å². The third-order valence-electron chi connectivity index (χ3n) is 5.88. The second-order valence-electron chi connectivity index (χ2n) is 8.35. The van der Waals surface area contributed by atoms with Crippen molar-refractivity contribution < 1.29 is 4.79 Å². The van der Waals surface area contributed by atoms with Gasteiger partial charge in [0.1, 0.15) is 0 Å². The van der Waals surface area contributed by atoms with E-state index in [0.717, 1.165) is 25.8 Å². The number of hydrogen-bond acceptors (Lipinski definition) is 3. The van der Waals surface area contributed by atoms with Crippen LogP contribution in [0.5, 0.6) is 0 Å². The fourth-order valence-corrected chi connectivity index (χ4v) is 4.10. The topological polar surface area (TPSA) is 44.4 Å².